The summed E-state index contributed by atoms with van der Waals surface area (Å²) >= 11 is 0. The summed E-state index contributed by atoms with van der Waals surface area (Å²) in [7, 11) is -5.99. The van der Waals surface area contributed by atoms with Crippen molar-refractivity contribution in [3.8, 4) is 0 Å². The molecule has 3 aliphatic carbocycles. The summed E-state index contributed by atoms with van der Waals surface area (Å²) in [5.41, 5.74) is -0.599. The fourth-order valence-electron chi connectivity index (χ4n) is 6.10. The summed E-state index contributed by atoms with van der Waals surface area (Å²) in [6.07, 6.45) is -3.42. The van der Waals surface area contributed by atoms with Gasteiger partial charge in [0.25, 0.3) is 0 Å². The second-order valence-corrected chi connectivity index (χ2v) is 12.1. The maximum absolute atomic E-state index is 13.4. The molecule has 1 aliphatic heterocycles. The van der Waals surface area contributed by atoms with Crippen LogP contribution in [0.4, 0.5) is 13.2 Å². The van der Waals surface area contributed by atoms with Crippen molar-refractivity contribution in [1.29, 1.82) is 0 Å². The number of esters is 4. The molecule has 4 aliphatic rings. The molecule has 0 aromatic carbocycles. The first kappa shape index (κ1) is 28.6. The average Bonchev–Trinajstić information content (AvgIpc) is 3.55. The van der Waals surface area contributed by atoms with Gasteiger partial charge >= 0.3 is 39.2 Å². The second kappa shape index (κ2) is 10.3. The van der Waals surface area contributed by atoms with Crippen LogP contribution in [0.2, 0.25) is 0 Å². The van der Waals surface area contributed by atoms with Crippen molar-refractivity contribution in [2.45, 2.75) is 87.5 Å². The molecule has 3 saturated carbocycles. The minimum Gasteiger partial charge on any atom is -0.466 e. The van der Waals surface area contributed by atoms with Crippen LogP contribution in [0.3, 0.4) is 0 Å². The standard InChI is InChI=1S/C23H29F3O11S/c1-22(7-2-3-8-22)37-21(30)17-12-10-11-16(17)20(29)36-19(11)18(12)35-15(28)5-4-14(27)34-9-6-13(24)23(25,26)38(31,32)33/h11-13,16-19H,2-10H2,1H3,(H,31,32,33). The minimum atomic E-state index is -5.99. The number of fused-ring (bicyclic) bond motifs is 1. The van der Waals surface area contributed by atoms with Crippen molar-refractivity contribution < 1.29 is 64.3 Å². The number of ether oxygens (including phenoxy) is 4. The molecule has 0 aromatic rings. The number of halogens is 3. The molecule has 2 bridgehead atoms. The molecule has 1 heterocycles. The molecule has 214 valence electrons. The first-order chi connectivity index (χ1) is 17.6. The van der Waals surface area contributed by atoms with E-state index in [0.717, 1.165) is 25.7 Å². The van der Waals surface area contributed by atoms with Crippen molar-refractivity contribution in [2.24, 2.45) is 23.7 Å². The molecular formula is C23H29F3O11S. The van der Waals surface area contributed by atoms with Gasteiger partial charge in [-0.15, -0.1) is 0 Å². The molecule has 11 nitrogen and oxygen atoms in total. The average molecular weight is 571 g/mol. The Bertz CT molecular complexity index is 1090. The molecule has 7 atom stereocenters. The zero-order chi connectivity index (χ0) is 28.0. The number of hydrogen-bond acceptors (Lipinski definition) is 10. The molecule has 1 saturated heterocycles. The molecule has 7 unspecified atom stereocenters. The fourth-order valence-corrected chi connectivity index (χ4v) is 6.54. The Morgan fingerprint density at radius 2 is 1.79 bits per heavy atom. The molecule has 0 spiro atoms. The maximum atomic E-state index is 13.4. The van der Waals surface area contributed by atoms with Crippen LogP contribution in [0.1, 0.15) is 58.3 Å². The summed E-state index contributed by atoms with van der Waals surface area (Å²) in [5.74, 6) is -5.19. The number of alkyl halides is 3. The van der Waals surface area contributed by atoms with E-state index in [4.69, 9.17) is 18.8 Å². The van der Waals surface area contributed by atoms with Crippen molar-refractivity contribution in [3.63, 3.8) is 0 Å². The van der Waals surface area contributed by atoms with Crippen LogP contribution in [0.15, 0.2) is 0 Å². The molecule has 38 heavy (non-hydrogen) atoms. The van der Waals surface area contributed by atoms with E-state index in [-0.39, 0.29) is 5.92 Å². The zero-order valence-electron chi connectivity index (χ0n) is 20.5. The largest absolute Gasteiger partial charge is 0.466 e. The topological polar surface area (TPSA) is 160 Å². The highest BCUT2D eigenvalue weighted by Crippen LogP contribution is 2.59. The highest BCUT2D eigenvalue weighted by Gasteiger charge is 2.70. The van der Waals surface area contributed by atoms with Crippen molar-refractivity contribution >= 4 is 34.0 Å². The van der Waals surface area contributed by atoms with Gasteiger partial charge in [-0.3, -0.25) is 23.7 Å². The Hall–Kier alpha value is -2.42. The highest BCUT2D eigenvalue weighted by atomic mass is 32.2. The molecule has 0 amide bonds. The summed E-state index contributed by atoms with van der Waals surface area (Å²) < 4.78 is 90.4. The monoisotopic (exact) mass is 570 g/mol. The van der Waals surface area contributed by atoms with Crippen LogP contribution in [0.5, 0.6) is 0 Å². The van der Waals surface area contributed by atoms with Crippen LogP contribution >= 0.6 is 0 Å². The molecule has 4 rings (SSSR count). The molecule has 1 N–H and O–H groups in total. The van der Waals surface area contributed by atoms with E-state index in [0.29, 0.717) is 6.42 Å². The summed E-state index contributed by atoms with van der Waals surface area (Å²) in [5, 5.41) is -5.06. The van der Waals surface area contributed by atoms with Crippen LogP contribution < -0.4 is 0 Å². The van der Waals surface area contributed by atoms with E-state index in [2.05, 4.69) is 4.74 Å². The third-order valence-electron chi connectivity index (χ3n) is 7.97. The number of rotatable bonds is 11. The Kier molecular flexibility index (Phi) is 7.73. The fraction of sp³-hybridized carbons (Fsp3) is 0.826. The van der Waals surface area contributed by atoms with Gasteiger partial charge in [0, 0.05) is 18.3 Å². The van der Waals surface area contributed by atoms with Gasteiger partial charge in [0.15, 0.2) is 6.17 Å². The van der Waals surface area contributed by atoms with Gasteiger partial charge in [-0.05, 0) is 39.0 Å². The van der Waals surface area contributed by atoms with Crippen LogP contribution in [0, 0.1) is 23.7 Å². The first-order valence-electron chi connectivity index (χ1n) is 12.4. The van der Waals surface area contributed by atoms with Gasteiger partial charge < -0.3 is 18.9 Å². The summed E-state index contributed by atoms with van der Waals surface area (Å²) in [4.78, 5) is 49.8. The number of hydrogen-bond donors (Lipinski definition) is 1. The van der Waals surface area contributed by atoms with E-state index in [9.17, 15) is 40.8 Å². The Balaban J connectivity index is 1.26. The zero-order valence-corrected chi connectivity index (χ0v) is 21.3. The van der Waals surface area contributed by atoms with E-state index in [1.165, 1.54) is 0 Å². The van der Waals surface area contributed by atoms with Crippen molar-refractivity contribution in [3.05, 3.63) is 0 Å². The quantitative estimate of drug-likeness (QED) is 0.220. The number of carbonyl (C=O) groups excluding carboxylic acids is 4. The van der Waals surface area contributed by atoms with E-state index in [1.54, 1.807) is 0 Å². The Labute approximate surface area is 216 Å². The SMILES string of the molecule is CC1(OC(=O)C2C3CC4C(OC(=O)C42)C3OC(=O)CCC(=O)OCCC(F)C(F)(F)S(=O)(=O)O)CCCC1. The van der Waals surface area contributed by atoms with E-state index >= 15 is 0 Å². The molecule has 15 heteroatoms. The van der Waals surface area contributed by atoms with Gasteiger partial charge in [-0.2, -0.15) is 17.2 Å². The lowest BCUT2D eigenvalue weighted by Crippen LogP contribution is -2.45. The lowest BCUT2D eigenvalue weighted by molar-refractivity contribution is -0.173. The molecule has 0 radical (unpaired) electrons. The van der Waals surface area contributed by atoms with Crippen LogP contribution in [-0.4, -0.2) is 72.7 Å². The smallest absolute Gasteiger partial charge is 0.400 e. The Morgan fingerprint density at radius 1 is 1.16 bits per heavy atom. The van der Waals surface area contributed by atoms with Crippen molar-refractivity contribution in [2.75, 3.05) is 6.61 Å². The highest BCUT2D eigenvalue weighted by molar-refractivity contribution is 7.86. The third-order valence-corrected chi connectivity index (χ3v) is 8.91. The maximum Gasteiger partial charge on any atom is 0.400 e. The predicted octanol–water partition coefficient (Wildman–Crippen LogP) is 2.11. The van der Waals surface area contributed by atoms with Gasteiger partial charge in [0.05, 0.1) is 31.3 Å². The molecule has 4 fully saturated rings. The van der Waals surface area contributed by atoms with Gasteiger partial charge in [-0.25, -0.2) is 4.39 Å². The van der Waals surface area contributed by atoms with Gasteiger partial charge in [-0.1, -0.05) is 0 Å². The van der Waals surface area contributed by atoms with E-state index < -0.39 is 107 Å². The summed E-state index contributed by atoms with van der Waals surface area (Å²) in [6.45, 7) is 0.930. The predicted molar refractivity (Wildman–Crippen MR) is 118 cm³/mol. The summed E-state index contributed by atoms with van der Waals surface area (Å²) in [6, 6.07) is 0. The lowest BCUT2D eigenvalue weighted by atomic mass is 9.78. The third kappa shape index (κ3) is 5.36. The second-order valence-electron chi connectivity index (χ2n) is 10.6. The van der Waals surface area contributed by atoms with Crippen LogP contribution in [-0.2, 0) is 48.2 Å². The lowest BCUT2D eigenvalue weighted by Gasteiger charge is -2.33. The van der Waals surface area contributed by atoms with Gasteiger partial charge in [0.1, 0.15) is 17.8 Å². The first-order valence-corrected chi connectivity index (χ1v) is 13.9. The van der Waals surface area contributed by atoms with Crippen molar-refractivity contribution in [1.82, 2.24) is 0 Å². The van der Waals surface area contributed by atoms with E-state index in [1.807, 2.05) is 6.92 Å². The molecular weight excluding hydrogens is 541 g/mol. The normalized spacial score (nSPS) is 32.1. The van der Waals surface area contributed by atoms with Crippen LogP contribution in [0.25, 0.3) is 0 Å². The number of carbonyl (C=O) groups is 4. The van der Waals surface area contributed by atoms with Gasteiger partial charge in [0.2, 0.25) is 0 Å². The minimum absolute atomic E-state index is 0.293. The molecule has 0 aromatic heterocycles. The Morgan fingerprint density at radius 3 is 2.42 bits per heavy atom.